The summed E-state index contributed by atoms with van der Waals surface area (Å²) in [6.45, 7) is 2.59. The molecule has 4 aromatic rings. The van der Waals surface area contributed by atoms with Crippen LogP contribution in [0.5, 0.6) is 0 Å². The lowest BCUT2D eigenvalue weighted by Gasteiger charge is -2.35. The fraction of sp³-hybridized carbons (Fsp3) is 0.250. The number of nitrogens with zero attached hydrogens (tertiary/aromatic N) is 6. The highest BCUT2D eigenvalue weighted by molar-refractivity contribution is 7.16. The quantitative estimate of drug-likeness (QED) is 0.515. The number of thiophene rings is 1. The second-order valence-corrected chi connectivity index (χ2v) is 7.77. The van der Waals surface area contributed by atoms with Gasteiger partial charge in [-0.1, -0.05) is 12.1 Å². The van der Waals surface area contributed by atoms with Gasteiger partial charge in [-0.3, -0.25) is 14.2 Å². The van der Waals surface area contributed by atoms with Crippen LogP contribution in [0.3, 0.4) is 0 Å². The third-order valence-corrected chi connectivity index (χ3v) is 6.04. The predicted molar refractivity (Wildman–Crippen MR) is 112 cm³/mol. The maximum atomic E-state index is 12.9. The summed E-state index contributed by atoms with van der Waals surface area (Å²) in [4.78, 5) is 43.0. The van der Waals surface area contributed by atoms with Gasteiger partial charge in [0.2, 0.25) is 5.91 Å². The minimum atomic E-state index is -0.267. The van der Waals surface area contributed by atoms with Gasteiger partial charge in [0.15, 0.2) is 0 Å². The first-order valence-corrected chi connectivity index (χ1v) is 10.2. The monoisotopic (exact) mass is 406 g/mol. The summed E-state index contributed by atoms with van der Waals surface area (Å²) in [7, 11) is 0. The number of rotatable bonds is 3. The van der Waals surface area contributed by atoms with Crippen molar-refractivity contribution in [2.45, 2.75) is 6.54 Å². The highest BCUT2D eigenvalue weighted by atomic mass is 32.1. The Morgan fingerprint density at radius 3 is 2.72 bits per heavy atom. The molecule has 29 heavy (non-hydrogen) atoms. The zero-order chi connectivity index (χ0) is 19.8. The fourth-order valence-corrected chi connectivity index (χ4v) is 4.44. The number of hydrogen-bond donors (Lipinski definition) is 0. The van der Waals surface area contributed by atoms with Gasteiger partial charge in [0.25, 0.3) is 5.56 Å². The molecule has 0 atom stereocenters. The average molecular weight is 406 g/mol. The summed E-state index contributed by atoms with van der Waals surface area (Å²) in [5.74, 6) is 0.853. The fourth-order valence-electron chi connectivity index (χ4n) is 3.71. The Balaban J connectivity index is 1.32. The normalized spacial score (nSPS) is 14.6. The molecule has 1 aliphatic heterocycles. The number of fused-ring (bicyclic) bond motifs is 2. The van der Waals surface area contributed by atoms with E-state index in [9.17, 15) is 9.59 Å². The summed E-state index contributed by atoms with van der Waals surface area (Å²) < 4.78 is 1.50. The van der Waals surface area contributed by atoms with Crippen LogP contribution in [-0.4, -0.2) is 56.5 Å². The van der Waals surface area contributed by atoms with Crippen LogP contribution in [0, 0.1) is 0 Å². The van der Waals surface area contributed by atoms with Crippen LogP contribution in [0.1, 0.15) is 0 Å². The summed E-state index contributed by atoms with van der Waals surface area (Å²) in [5, 5.41) is 3.06. The molecular weight excluding hydrogens is 388 g/mol. The van der Waals surface area contributed by atoms with Gasteiger partial charge < -0.3 is 9.80 Å². The van der Waals surface area contributed by atoms with E-state index in [-0.39, 0.29) is 18.0 Å². The maximum Gasteiger partial charge on any atom is 0.269 e. The minimum Gasteiger partial charge on any atom is -0.352 e. The van der Waals surface area contributed by atoms with Crippen LogP contribution >= 0.6 is 11.3 Å². The highest BCUT2D eigenvalue weighted by Crippen LogP contribution is 2.27. The van der Waals surface area contributed by atoms with Crippen molar-refractivity contribution in [3.8, 4) is 0 Å². The predicted octanol–water partition coefficient (Wildman–Crippen LogP) is 1.75. The molecule has 1 aromatic carbocycles. The molecule has 0 radical (unpaired) electrons. The Morgan fingerprint density at radius 1 is 1.03 bits per heavy atom. The van der Waals surface area contributed by atoms with Gasteiger partial charge in [-0.2, -0.15) is 0 Å². The number of carbonyl (C=O) groups is 1. The van der Waals surface area contributed by atoms with Crippen molar-refractivity contribution in [1.29, 1.82) is 0 Å². The van der Waals surface area contributed by atoms with E-state index in [2.05, 4.69) is 19.9 Å². The molecule has 5 rings (SSSR count). The molecule has 1 aliphatic rings. The Hall–Kier alpha value is -3.33. The highest BCUT2D eigenvalue weighted by Gasteiger charge is 2.24. The standard InChI is InChI=1S/C20H18N6O2S/c27-17-11-21-15-3-1-2-4-16(15)26(17)12-18(28)24-6-8-25(9-7-24)19-14-5-10-29-20(14)23-13-22-19/h1-5,10-11,13H,6-9,12H2. The first-order chi connectivity index (χ1) is 14.2. The number of aromatic nitrogens is 4. The summed E-state index contributed by atoms with van der Waals surface area (Å²) in [6.07, 6.45) is 2.86. The lowest BCUT2D eigenvalue weighted by molar-refractivity contribution is -0.132. The van der Waals surface area contributed by atoms with Gasteiger partial charge in [0.1, 0.15) is 23.5 Å². The van der Waals surface area contributed by atoms with Crippen LogP contribution < -0.4 is 10.5 Å². The molecule has 9 heteroatoms. The molecule has 146 valence electrons. The van der Waals surface area contributed by atoms with Crippen LogP contribution in [0.25, 0.3) is 21.3 Å². The second-order valence-electron chi connectivity index (χ2n) is 6.88. The van der Waals surface area contributed by atoms with E-state index in [0.717, 1.165) is 16.0 Å². The van der Waals surface area contributed by atoms with Gasteiger partial charge in [-0.05, 0) is 23.6 Å². The van der Waals surface area contributed by atoms with Crippen LogP contribution in [0.4, 0.5) is 5.82 Å². The number of amides is 1. The summed E-state index contributed by atoms with van der Waals surface area (Å²) in [5.41, 5.74) is 1.11. The largest absolute Gasteiger partial charge is 0.352 e. The van der Waals surface area contributed by atoms with E-state index in [0.29, 0.717) is 37.2 Å². The lowest BCUT2D eigenvalue weighted by Crippen LogP contribution is -2.50. The lowest BCUT2D eigenvalue weighted by atomic mass is 10.2. The van der Waals surface area contributed by atoms with E-state index < -0.39 is 0 Å². The number of carbonyl (C=O) groups excluding carboxylic acids is 1. The molecule has 1 saturated heterocycles. The van der Waals surface area contributed by atoms with Gasteiger partial charge in [0.05, 0.1) is 22.6 Å². The smallest absolute Gasteiger partial charge is 0.269 e. The molecule has 0 N–H and O–H groups in total. The molecule has 3 aromatic heterocycles. The molecule has 1 fully saturated rings. The summed E-state index contributed by atoms with van der Waals surface area (Å²) in [6, 6.07) is 9.39. The molecular formula is C20H18N6O2S. The topological polar surface area (TPSA) is 84.2 Å². The summed E-state index contributed by atoms with van der Waals surface area (Å²) >= 11 is 1.59. The molecule has 4 heterocycles. The second kappa shape index (κ2) is 7.25. The number of para-hydroxylation sites is 2. The number of piperazine rings is 1. The van der Waals surface area contributed by atoms with Gasteiger partial charge in [-0.25, -0.2) is 15.0 Å². The van der Waals surface area contributed by atoms with Crippen molar-refractivity contribution in [2.24, 2.45) is 0 Å². The van der Waals surface area contributed by atoms with E-state index in [1.807, 2.05) is 40.6 Å². The maximum absolute atomic E-state index is 12.9. The molecule has 0 unspecified atom stereocenters. The molecule has 1 amide bonds. The number of hydrogen-bond acceptors (Lipinski definition) is 7. The third-order valence-electron chi connectivity index (χ3n) is 5.22. The molecule has 0 spiro atoms. The molecule has 8 nitrogen and oxygen atoms in total. The number of benzene rings is 1. The van der Waals surface area contributed by atoms with Crippen molar-refractivity contribution in [2.75, 3.05) is 31.1 Å². The van der Waals surface area contributed by atoms with Gasteiger partial charge >= 0.3 is 0 Å². The van der Waals surface area contributed by atoms with Gasteiger partial charge in [-0.15, -0.1) is 11.3 Å². The Bertz CT molecular complexity index is 1260. The van der Waals surface area contributed by atoms with E-state index in [1.165, 1.54) is 10.8 Å². The van der Waals surface area contributed by atoms with Crippen molar-refractivity contribution < 1.29 is 4.79 Å². The average Bonchev–Trinajstić information content (AvgIpc) is 3.25. The van der Waals surface area contributed by atoms with Crippen molar-refractivity contribution in [3.05, 3.63) is 58.6 Å². The first kappa shape index (κ1) is 17.7. The third kappa shape index (κ3) is 3.23. The van der Waals surface area contributed by atoms with Crippen molar-refractivity contribution in [1.82, 2.24) is 24.4 Å². The zero-order valence-electron chi connectivity index (χ0n) is 15.6. The Morgan fingerprint density at radius 2 is 1.86 bits per heavy atom. The van der Waals surface area contributed by atoms with E-state index in [4.69, 9.17) is 0 Å². The van der Waals surface area contributed by atoms with Crippen LogP contribution in [-0.2, 0) is 11.3 Å². The van der Waals surface area contributed by atoms with Crippen LogP contribution in [0.15, 0.2) is 53.0 Å². The molecule has 0 aliphatic carbocycles. The first-order valence-electron chi connectivity index (χ1n) is 9.36. The Kier molecular flexibility index (Phi) is 4.44. The van der Waals surface area contributed by atoms with E-state index >= 15 is 0 Å². The van der Waals surface area contributed by atoms with Gasteiger partial charge in [0, 0.05) is 26.2 Å². The van der Waals surface area contributed by atoms with E-state index in [1.54, 1.807) is 17.7 Å². The molecule has 0 bridgehead atoms. The van der Waals surface area contributed by atoms with Crippen LogP contribution in [0.2, 0.25) is 0 Å². The SMILES string of the molecule is O=C(Cn1c(=O)cnc2ccccc21)N1CCN(c2ncnc3sccc23)CC1. The van der Waals surface area contributed by atoms with Crippen molar-refractivity contribution in [3.63, 3.8) is 0 Å². The Labute approximate surface area is 170 Å². The molecule has 0 saturated carbocycles. The zero-order valence-corrected chi connectivity index (χ0v) is 16.4. The van der Waals surface area contributed by atoms with Crippen molar-refractivity contribution >= 4 is 44.3 Å². The minimum absolute atomic E-state index is 0.0180. The number of anilines is 1.